The minimum absolute atomic E-state index is 0.101. The van der Waals surface area contributed by atoms with Gasteiger partial charge in [-0.15, -0.1) is 11.3 Å². The van der Waals surface area contributed by atoms with Gasteiger partial charge in [0.25, 0.3) is 5.91 Å². The number of fused-ring (bicyclic) bond motifs is 1. The molecule has 2 heterocycles. The van der Waals surface area contributed by atoms with Crippen molar-refractivity contribution >= 4 is 49.8 Å². The van der Waals surface area contributed by atoms with Crippen LogP contribution in [0.5, 0.6) is 5.75 Å². The zero-order valence-electron chi connectivity index (χ0n) is 13.6. The van der Waals surface area contributed by atoms with Crippen LogP contribution in [-0.4, -0.2) is 30.5 Å². The van der Waals surface area contributed by atoms with Gasteiger partial charge in [-0.1, -0.05) is 17.4 Å². The fourth-order valence-electron chi connectivity index (χ4n) is 2.21. The van der Waals surface area contributed by atoms with Gasteiger partial charge in [0.1, 0.15) is 5.75 Å². The van der Waals surface area contributed by atoms with Crippen LogP contribution in [0.2, 0.25) is 0 Å². The molecule has 0 atom stereocenters. The van der Waals surface area contributed by atoms with Crippen molar-refractivity contribution in [2.75, 3.05) is 19.0 Å². The number of carbonyl (C=O) groups excluding carboxylic acids is 2. The average Bonchev–Trinajstić information content (AvgIpc) is 3.26. The maximum Gasteiger partial charge on any atom is 0.261 e. The number of anilines is 1. The Labute approximate surface area is 152 Å². The topological polar surface area (TPSA) is 80.3 Å². The molecule has 3 rings (SSSR count). The predicted octanol–water partition coefficient (Wildman–Crippen LogP) is 3.52. The zero-order valence-corrected chi connectivity index (χ0v) is 15.2. The summed E-state index contributed by atoms with van der Waals surface area (Å²) in [6, 6.07) is 9.20. The minimum Gasteiger partial charge on any atom is -0.497 e. The summed E-state index contributed by atoms with van der Waals surface area (Å²) in [6.45, 7) is 0.460. The summed E-state index contributed by atoms with van der Waals surface area (Å²) in [5, 5.41) is 8.03. The van der Waals surface area contributed by atoms with Gasteiger partial charge in [-0.05, 0) is 36.1 Å². The number of hydrogen-bond donors (Lipinski definition) is 2. The number of carbonyl (C=O) groups is 2. The third-order valence-corrected chi connectivity index (χ3v) is 5.26. The number of aromatic nitrogens is 1. The van der Waals surface area contributed by atoms with Crippen molar-refractivity contribution in [3.63, 3.8) is 0 Å². The number of hydrogen-bond acceptors (Lipinski definition) is 6. The molecule has 0 spiro atoms. The van der Waals surface area contributed by atoms with E-state index in [9.17, 15) is 9.59 Å². The number of rotatable bonds is 7. The second kappa shape index (κ2) is 8.09. The molecule has 0 saturated carbocycles. The molecular formula is C17H17N3O3S2. The lowest BCUT2D eigenvalue weighted by Crippen LogP contribution is -2.24. The third-order valence-electron chi connectivity index (χ3n) is 3.45. The first-order valence-corrected chi connectivity index (χ1v) is 9.41. The quantitative estimate of drug-likeness (QED) is 0.619. The molecule has 2 N–H and O–H groups in total. The molecule has 2 amide bonds. The van der Waals surface area contributed by atoms with E-state index < -0.39 is 0 Å². The first-order valence-electron chi connectivity index (χ1n) is 7.72. The highest BCUT2D eigenvalue weighted by Gasteiger charge is 2.09. The maximum atomic E-state index is 12.0. The van der Waals surface area contributed by atoms with E-state index in [-0.39, 0.29) is 11.8 Å². The molecule has 25 heavy (non-hydrogen) atoms. The van der Waals surface area contributed by atoms with Gasteiger partial charge in [0.15, 0.2) is 5.13 Å². The molecule has 6 nitrogen and oxygen atoms in total. The van der Waals surface area contributed by atoms with Crippen LogP contribution in [0, 0.1) is 0 Å². The Morgan fingerprint density at radius 1 is 1.28 bits per heavy atom. The molecule has 0 unspecified atom stereocenters. The number of amides is 2. The number of ether oxygens (including phenoxy) is 1. The summed E-state index contributed by atoms with van der Waals surface area (Å²) in [6.07, 6.45) is 0.894. The highest BCUT2D eigenvalue weighted by molar-refractivity contribution is 7.22. The lowest BCUT2D eigenvalue weighted by atomic mass is 10.3. The Bertz CT molecular complexity index is 875. The standard InChI is InChI=1S/C17H17N3O3S2/c1-23-11-6-7-12-14(10-11)25-17(19-12)20-15(21)5-2-8-18-16(22)13-4-3-9-24-13/h3-4,6-7,9-10H,2,5,8H2,1H3,(H,18,22)(H,19,20,21). The lowest BCUT2D eigenvalue weighted by molar-refractivity contribution is -0.116. The molecule has 0 aliphatic rings. The highest BCUT2D eigenvalue weighted by Crippen LogP contribution is 2.29. The highest BCUT2D eigenvalue weighted by atomic mass is 32.1. The molecule has 130 valence electrons. The third kappa shape index (κ3) is 4.55. The van der Waals surface area contributed by atoms with Gasteiger partial charge in [-0.25, -0.2) is 4.98 Å². The molecule has 2 aromatic heterocycles. The van der Waals surface area contributed by atoms with Crippen molar-refractivity contribution in [2.45, 2.75) is 12.8 Å². The van der Waals surface area contributed by atoms with E-state index in [1.54, 1.807) is 13.2 Å². The molecule has 0 aliphatic heterocycles. The summed E-state index contributed by atoms with van der Waals surface area (Å²) in [7, 11) is 1.61. The van der Waals surface area contributed by atoms with Gasteiger partial charge in [0.2, 0.25) is 5.91 Å². The number of thiophene rings is 1. The Morgan fingerprint density at radius 3 is 2.92 bits per heavy atom. The summed E-state index contributed by atoms with van der Waals surface area (Å²) < 4.78 is 6.14. The van der Waals surface area contributed by atoms with E-state index in [0.29, 0.717) is 29.4 Å². The van der Waals surface area contributed by atoms with E-state index in [1.165, 1.54) is 22.7 Å². The first kappa shape index (κ1) is 17.4. The van der Waals surface area contributed by atoms with Crippen LogP contribution in [0.3, 0.4) is 0 Å². The summed E-state index contributed by atoms with van der Waals surface area (Å²) in [5.41, 5.74) is 0.823. The van der Waals surface area contributed by atoms with Crippen molar-refractivity contribution in [2.24, 2.45) is 0 Å². The zero-order chi connectivity index (χ0) is 17.6. The van der Waals surface area contributed by atoms with Crippen LogP contribution in [0.4, 0.5) is 5.13 Å². The largest absolute Gasteiger partial charge is 0.497 e. The molecule has 0 fully saturated rings. The Balaban J connectivity index is 1.45. The fourth-order valence-corrected chi connectivity index (χ4v) is 3.76. The van der Waals surface area contributed by atoms with Gasteiger partial charge < -0.3 is 15.4 Å². The van der Waals surface area contributed by atoms with Crippen molar-refractivity contribution in [1.29, 1.82) is 0 Å². The fraction of sp³-hybridized carbons (Fsp3) is 0.235. The van der Waals surface area contributed by atoms with Crippen LogP contribution in [-0.2, 0) is 4.79 Å². The normalized spacial score (nSPS) is 10.6. The lowest BCUT2D eigenvalue weighted by Gasteiger charge is -2.03. The molecule has 8 heteroatoms. The van der Waals surface area contributed by atoms with Gasteiger partial charge in [0.05, 0.1) is 22.2 Å². The van der Waals surface area contributed by atoms with E-state index in [1.807, 2.05) is 29.6 Å². The smallest absolute Gasteiger partial charge is 0.261 e. The minimum atomic E-state index is -0.114. The Morgan fingerprint density at radius 2 is 2.16 bits per heavy atom. The molecule has 0 bridgehead atoms. The number of methoxy groups -OCH3 is 1. The van der Waals surface area contributed by atoms with Crippen molar-refractivity contribution in [3.8, 4) is 5.75 Å². The van der Waals surface area contributed by atoms with Gasteiger partial charge in [-0.2, -0.15) is 0 Å². The molecule has 0 saturated heterocycles. The Kier molecular flexibility index (Phi) is 5.62. The van der Waals surface area contributed by atoms with E-state index >= 15 is 0 Å². The second-order valence-corrected chi connectivity index (χ2v) is 7.22. The van der Waals surface area contributed by atoms with Gasteiger partial charge in [0, 0.05) is 13.0 Å². The van der Waals surface area contributed by atoms with Gasteiger partial charge in [-0.3, -0.25) is 9.59 Å². The predicted molar refractivity (Wildman–Crippen MR) is 101 cm³/mol. The number of nitrogens with zero attached hydrogens (tertiary/aromatic N) is 1. The SMILES string of the molecule is COc1ccc2nc(NC(=O)CCCNC(=O)c3cccs3)sc2c1. The van der Waals surface area contributed by atoms with Crippen LogP contribution in [0.1, 0.15) is 22.5 Å². The average molecular weight is 375 g/mol. The van der Waals surface area contributed by atoms with Gasteiger partial charge >= 0.3 is 0 Å². The summed E-state index contributed by atoms with van der Waals surface area (Å²) >= 11 is 2.80. The second-order valence-electron chi connectivity index (χ2n) is 5.24. The van der Waals surface area contributed by atoms with E-state index in [0.717, 1.165) is 16.0 Å². The van der Waals surface area contributed by atoms with Crippen LogP contribution in [0.15, 0.2) is 35.7 Å². The first-order chi connectivity index (χ1) is 12.2. The number of benzene rings is 1. The van der Waals surface area contributed by atoms with Crippen LogP contribution >= 0.6 is 22.7 Å². The summed E-state index contributed by atoms with van der Waals surface area (Å²) in [4.78, 5) is 28.8. The molecule has 0 aliphatic carbocycles. The Hall–Kier alpha value is -2.45. The van der Waals surface area contributed by atoms with E-state index in [2.05, 4.69) is 15.6 Å². The van der Waals surface area contributed by atoms with E-state index in [4.69, 9.17) is 4.74 Å². The summed E-state index contributed by atoms with van der Waals surface area (Å²) in [5.74, 6) is 0.544. The monoisotopic (exact) mass is 375 g/mol. The molecule has 3 aromatic rings. The molecule has 0 radical (unpaired) electrons. The molecular weight excluding hydrogens is 358 g/mol. The van der Waals surface area contributed by atoms with Crippen molar-refractivity contribution < 1.29 is 14.3 Å². The number of nitrogens with one attached hydrogen (secondary N) is 2. The van der Waals surface area contributed by atoms with Crippen LogP contribution < -0.4 is 15.4 Å². The molecule has 1 aromatic carbocycles. The number of thiazole rings is 1. The van der Waals surface area contributed by atoms with Crippen molar-refractivity contribution in [1.82, 2.24) is 10.3 Å². The maximum absolute atomic E-state index is 12.0. The van der Waals surface area contributed by atoms with Crippen molar-refractivity contribution in [3.05, 3.63) is 40.6 Å². The van der Waals surface area contributed by atoms with Crippen LogP contribution in [0.25, 0.3) is 10.2 Å².